The van der Waals surface area contributed by atoms with Gasteiger partial charge >= 0.3 is 6.18 Å². The van der Waals surface area contributed by atoms with Crippen molar-refractivity contribution < 1.29 is 22.4 Å². The van der Waals surface area contributed by atoms with Crippen LogP contribution in [-0.2, 0) is 23.9 Å². The van der Waals surface area contributed by atoms with E-state index < -0.39 is 23.5 Å². The maximum atomic E-state index is 13.9. The van der Waals surface area contributed by atoms with Crippen LogP contribution in [0.4, 0.5) is 17.6 Å². The Bertz CT molecular complexity index is 968. The Morgan fingerprint density at radius 3 is 2.59 bits per heavy atom. The van der Waals surface area contributed by atoms with Crippen LogP contribution in [-0.4, -0.2) is 5.91 Å². The quantitative estimate of drug-likeness (QED) is 0.390. The zero-order chi connectivity index (χ0) is 21.6. The van der Waals surface area contributed by atoms with Gasteiger partial charge in [0.2, 0.25) is 5.91 Å². The Labute approximate surface area is 167 Å². The van der Waals surface area contributed by atoms with Crippen LogP contribution in [0.2, 0.25) is 0 Å². The van der Waals surface area contributed by atoms with Crippen LogP contribution in [0.25, 0.3) is 6.08 Å². The van der Waals surface area contributed by atoms with E-state index in [-0.39, 0.29) is 6.54 Å². The smallest absolute Gasteiger partial charge is 0.348 e. The lowest BCUT2D eigenvalue weighted by atomic mass is 9.99. The molecule has 1 N–H and O–H groups in total. The minimum Gasteiger partial charge on any atom is -0.348 e. The van der Waals surface area contributed by atoms with Crippen molar-refractivity contribution in [2.75, 3.05) is 0 Å². The second-order valence-electron chi connectivity index (χ2n) is 6.61. The minimum atomic E-state index is -4.41. The summed E-state index contributed by atoms with van der Waals surface area (Å²) in [6.45, 7) is 3.52. The number of carbonyl (C=O) groups excluding carboxylic acids is 1. The van der Waals surface area contributed by atoms with Crippen molar-refractivity contribution in [3.63, 3.8) is 0 Å². The van der Waals surface area contributed by atoms with Crippen molar-refractivity contribution in [3.8, 4) is 12.3 Å². The Hall–Kier alpha value is -3.07. The van der Waals surface area contributed by atoms with Crippen LogP contribution >= 0.6 is 0 Å². The lowest BCUT2D eigenvalue weighted by Crippen LogP contribution is -2.20. The van der Waals surface area contributed by atoms with Gasteiger partial charge in [0, 0.05) is 23.7 Å². The predicted octanol–water partition coefficient (Wildman–Crippen LogP) is 5.42. The molecule has 6 heteroatoms. The molecule has 0 unspecified atom stereocenters. The number of nitrogens with one attached hydrogen (secondary N) is 1. The molecule has 0 fully saturated rings. The van der Waals surface area contributed by atoms with Crippen molar-refractivity contribution in [1.82, 2.24) is 5.32 Å². The monoisotopic (exact) mass is 403 g/mol. The minimum absolute atomic E-state index is 0.0733. The first kappa shape index (κ1) is 22.2. The standard InChI is InChI=1S/C23H21F4NO/c1-4-6-19-13-20(23(25,26)27)9-7-18(19)8-10-22(29)28-14-16-11-17(5-2)15(3)21(24)12-16/h2,7-13H,4,6,14H2,1,3H3,(H,28,29)/b10-8+. The fraction of sp³-hybridized carbons (Fsp3) is 0.261. The lowest BCUT2D eigenvalue weighted by Gasteiger charge is -2.11. The van der Waals surface area contributed by atoms with E-state index >= 15 is 0 Å². The Kier molecular flexibility index (Phi) is 7.22. The number of carbonyl (C=O) groups is 1. The third-order valence-corrected chi connectivity index (χ3v) is 4.43. The van der Waals surface area contributed by atoms with E-state index in [2.05, 4.69) is 11.2 Å². The number of benzene rings is 2. The van der Waals surface area contributed by atoms with Crippen LogP contribution in [0.1, 0.15) is 46.7 Å². The first-order chi connectivity index (χ1) is 13.7. The average Bonchev–Trinajstić information content (AvgIpc) is 2.67. The van der Waals surface area contributed by atoms with E-state index in [4.69, 9.17) is 6.42 Å². The van der Waals surface area contributed by atoms with Gasteiger partial charge < -0.3 is 5.32 Å². The van der Waals surface area contributed by atoms with Crippen molar-refractivity contribution in [3.05, 3.63) is 75.6 Å². The second kappa shape index (κ2) is 9.42. The van der Waals surface area contributed by atoms with Crippen molar-refractivity contribution in [2.45, 2.75) is 39.4 Å². The van der Waals surface area contributed by atoms with Crippen molar-refractivity contribution in [1.29, 1.82) is 0 Å². The van der Waals surface area contributed by atoms with E-state index in [0.29, 0.717) is 40.7 Å². The van der Waals surface area contributed by atoms with Crippen molar-refractivity contribution in [2.24, 2.45) is 0 Å². The topological polar surface area (TPSA) is 29.1 Å². The number of rotatable bonds is 6. The maximum absolute atomic E-state index is 13.9. The molecule has 0 saturated carbocycles. The molecular formula is C23H21F4NO. The molecule has 0 saturated heterocycles. The second-order valence-corrected chi connectivity index (χ2v) is 6.61. The van der Waals surface area contributed by atoms with Crippen molar-refractivity contribution >= 4 is 12.0 Å². The Balaban J connectivity index is 2.11. The summed E-state index contributed by atoms with van der Waals surface area (Å²) in [6, 6.07) is 6.38. The summed E-state index contributed by atoms with van der Waals surface area (Å²) in [4.78, 5) is 12.1. The number of terminal acetylenes is 1. The molecule has 1 amide bonds. The SMILES string of the molecule is C#Cc1cc(CNC(=O)/C=C/c2ccc(C(F)(F)F)cc2CCC)cc(F)c1C. The molecule has 2 nitrogen and oxygen atoms in total. The highest BCUT2D eigenvalue weighted by Crippen LogP contribution is 2.31. The largest absolute Gasteiger partial charge is 0.416 e. The number of hydrogen-bond acceptors (Lipinski definition) is 1. The normalized spacial score (nSPS) is 11.5. The summed E-state index contributed by atoms with van der Waals surface area (Å²) in [6.07, 6.45) is 4.79. The van der Waals surface area contributed by atoms with E-state index in [0.717, 1.165) is 12.1 Å². The van der Waals surface area contributed by atoms with Gasteiger partial charge in [0.25, 0.3) is 0 Å². The summed E-state index contributed by atoms with van der Waals surface area (Å²) >= 11 is 0. The van der Waals surface area contributed by atoms with Gasteiger partial charge in [-0.15, -0.1) is 6.42 Å². The number of alkyl halides is 3. The molecule has 2 aromatic carbocycles. The highest BCUT2D eigenvalue weighted by molar-refractivity contribution is 5.91. The lowest BCUT2D eigenvalue weighted by molar-refractivity contribution is -0.137. The molecule has 0 aliphatic carbocycles. The molecular weight excluding hydrogens is 382 g/mol. The number of aryl methyl sites for hydroxylation is 1. The molecule has 2 aromatic rings. The summed E-state index contributed by atoms with van der Waals surface area (Å²) in [7, 11) is 0. The molecule has 0 heterocycles. The van der Waals surface area contributed by atoms with Gasteiger partial charge in [-0.2, -0.15) is 13.2 Å². The van der Waals surface area contributed by atoms with Crippen LogP contribution in [0.15, 0.2) is 36.4 Å². The fourth-order valence-electron chi connectivity index (χ4n) is 2.83. The van der Waals surface area contributed by atoms with Gasteiger partial charge in [-0.1, -0.05) is 25.3 Å². The third kappa shape index (κ3) is 5.95. The van der Waals surface area contributed by atoms with Crippen LogP contribution in [0, 0.1) is 25.1 Å². The van der Waals surface area contributed by atoms with Crippen LogP contribution in [0.3, 0.4) is 0 Å². The first-order valence-electron chi connectivity index (χ1n) is 9.07. The number of hydrogen-bond donors (Lipinski definition) is 1. The fourth-order valence-corrected chi connectivity index (χ4v) is 2.83. The average molecular weight is 403 g/mol. The zero-order valence-corrected chi connectivity index (χ0v) is 16.2. The maximum Gasteiger partial charge on any atom is 0.416 e. The first-order valence-corrected chi connectivity index (χ1v) is 9.07. The van der Waals surface area contributed by atoms with Crippen LogP contribution < -0.4 is 5.32 Å². The van der Waals surface area contributed by atoms with Gasteiger partial charge in [-0.3, -0.25) is 4.79 Å². The highest BCUT2D eigenvalue weighted by Gasteiger charge is 2.30. The number of halogens is 4. The van der Waals surface area contributed by atoms with E-state index in [9.17, 15) is 22.4 Å². The van der Waals surface area contributed by atoms with E-state index in [1.165, 1.54) is 24.3 Å². The molecule has 29 heavy (non-hydrogen) atoms. The highest BCUT2D eigenvalue weighted by atomic mass is 19.4. The van der Waals surface area contributed by atoms with Gasteiger partial charge in [0.15, 0.2) is 0 Å². The molecule has 0 aromatic heterocycles. The predicted molar refractivity (Wildman–Crippen MR) is 105 cm³/mol. The van der Waals surface area contributed by atoms with Gasteiger partial charge in [-0.05, 0) is 60.4 Å². The summed E-state index contributed by atoms with van der Waals surface area (Å²) in [5.41, 5.74) is 1.65. The third-order valence-electron chi connectivity index (χ3n) is 4.43. The molecule has 0 aliphatic heterocycles. The molecule has 2 rings (SSSR count). The Morgan fingerprint density at radius 2 is 1.97 bits per heavy atom. The molecule has 0 bridgehead atoms. The Morgan fingerprint density at radius 1 is 1.24 bits per heavy atom. The van der Waals surface area contributed by atoms with Gasteiger partial charge in [0.05, 0.1) is 5.56 Å². The van der Waals surface area contributed by atoms with E-state index in [1.54, 1.807) is 13.0 Å². The summed E-state index contributed by atoms with van der Waals surface area (Å²) in [5, 5.41) is 2.61. The molecule has 0 atom stereocenters. The van der Waals surface area contributed by atoms with E-state index in [1.807, 2.05) is 6.92 Å². The van der Waals surface area contributed by atoms with Gasteiger partial charge in [0.1, 0.15) is 5.82 Å². The summed E-state index contributed by atoms with van der Waals surface area (Å²) in [5.74, 6) is 1.50. The molecule has 0 radical (unpaired) electrons. The summed E-state index contributed by atoms with van der Waals surface area (Å²) < 4.78 is 52.6. The zero-order valence-electron chi connectivity index (χ0n) is 16.2. The van der Waals surface area contributed by atoms with Gasteiger partial charge in [-0.25, -0.2) is 4.39 Å². The molecule has 0 aliphatic rings. The van der Waals surface area contributed by atoms with Crippen LogP contribution in [0.5, 0.6) is 0 Å². The molecule has 0 spiro atoms. The molecule has 152 valence electrons. The number of amides is 1.